The molecule has 12 heavy (non-hydrogen) atoms. The predicted octanol–water partition coefficient (Wildman–Crippen LogP) is 0.202. The van der Waals surface area contributed by atoms with Gasteiger partial charge in [0.05, 0.1) is 5.92 Å². The molecule has 2 saturated heterocycles. The Morgan fingerprint density at radius 1 is 1.50 bits per heavy atom. The molecule has 3 unspecified atom stereocenters. The molecule has 3 fully saturated rings. The number of piperidine rings is 2. The Balaban J connectivity index is 2.14. The quantitative estimate of drug-likeness (QED) is 0.608. The average Bonchev–Trinajstić information content (AvgIpc) is 2.04. The fraction of sp³-hybridized carbons (Fsp3) is 0.889. The molecule has 3 rings (SSSR count). The van der Waals surface area contributed by atoms with E-state index in [0.29, 0.717) is 6.04 Å². The first kappa shape index (κ1) is 8.05. The van der Waals surface area contributed by atoms with Crippen molar-refractivity contribution in [2.75, 3.05) is 13.6 Å². The first-order chi connectivity index (χ1) is 5.68. The first-order valence-corrected chi connectivity index (χ1v) is 4.68. The summed E-state index contributed by atoms with van der Waals surface area (Å²) < 4.78 is 0. The number of hydrogen-bond donors (Lipinski definition) is 1. The minimum absolute atomic E-state index is 0.101. The van der Waals surface area contributed by atoms with Gasteiger partial charge in [0.1, 0.15) is 0 Å². The maximum Gasteiger partial charge on any atom is 0.222 e. The number of nitrogens with zero attached hydrogens (tertiary/aromatic N) is 1. The summed E-state index contributed by atoms with van der Waals surface area (Å²) in [5.41, 5.74) is 5.35. The van der Waals surface area contributed by atoms with Gasteiger partial charge in [-0.15, -0.1) is 0 Å². The van der Waals surface area contributed by atoms with E-state index < -0.39 is 0 Å². The Labute approximate surface area is 72.9 Å². The maximum absolute atomic E-state index is 11.1. The highest BCUT2D eigenvalue weighted by atomic mass is 16.1. The van der Waals surface area contributed by atoms with Gasteiger partial charge in [-0.05, 0) is 32.2 Å². The van der Waals surface area contributed by atoms with E-state index in [1.807, 2.05) is 0 Å². The van der Waals surface area contributed by atoms with Crippen LogP contribution in [-0.2, 0) is 4.79 Å². The van der Waals surface area contributed by atoms with Crippen molar-refractivity contribution in [1.82, 2.24) is 4.90 Å². The van der Waals surface area contributed by atoms with Crippen molar-refractivity contribution in [3.05, 3.63) is 0 Å². The molecule has 3 heteroatoms. The zero-order valence-corrected chi connectivity index (χ0v) is 7.49. The van der Waals surface area contributed by atoms with Crippen LogP contribution in [-0.4, -0.2) is 30.4 Å². The summed E-state index contributed by atoms with van der Waals surface area (Å²) in [6, 6.07) is 0.437. The molecule has 2 heterocycles. The van der Waals surface area contributed by atoms with Gasteiger partial charge in [0.25, 0.3) is 0 Å². The normalized spacial score (nSPS) is 41.6. The molecule has 3 aliphatic rings. The Morgan fingerprint density at radius 2 is 2.25 bits per heavy atom. The van der Waals surface area contributed by atoms with Crippen molar-refractivity contribution in [2.24, 2.45) is 17.6 Å². The van der Waals surface area contributed by atoms with E-state index in [1.165, 1.54) is 6.42 Å². The van der Waals surface area contributed by atoms with Gasteiger partial charge in [-0.2, -0.15) is 0 Å². The zero-order valence-electron chi connectivity index (χ0n) is 7.49. The summed E-state index contributed by atoms with van der Waals surface area (Å²) in [6.45, 7) is 1.16. The van der Waals surface area contributed by atoms with Gasteiger partial charge >= 0.3 is 0 Å². The van der Waals surface area contributed by atoms with Crippen LogP contribution >= 0.6 is 0 Å². The third-order valence-electron chi connectivity index (χ3n) is 3.40. The average molecular weight is 168 g/mol. The van der Waals surface area contributed by atoms with Crippen LogP contribution < -0.4 is 5.73 Å². The standard InChI is InChI=1S/C9H16N2O/c1-11-5-6-2-3-8(11)7(4-6)9(10)12/h6-8H,2-5H2,1H3,(H2,10,12). The molecule has 3 nitrogen and oxygen atoms in total. The van der Waals surface area contributed by atoms with E-state index in [9.17, 15) is 4.79 Å². The number of primary amides is 1. The van der Waals surface area contributed by atoms with Crippen molar-refractivity contribution in [3.8, 4) is 0 Å². The van der Waals surface area contributed by atoms with E-state index >= 15 is 0 Å². The SMILES string of the molecule is CN1CC2CCC1C(C(N)=O)C2. The summed E-state index contributed by atoms with van der Waals surface area (Å²) in [5.74, 6) is 0.747. The van der Waals surface area contributed by atoms with Crippen LogP contribution in [0.15, 0.2) is 0 Å². The number of nitrogens with two attached hydrogens (primary N) is 1. The van der Waals surface area contributed by atoms with Gasteiger partial charge < -0.3 is 10.6 Å². The zero-order chi connectivity index (χ0) is 8.72. The smallest absolute Gasteiger partial charge is 0.222 e. The highest BCUT2D eigenvalue weighted by molar-refractivity contribution is 5.77. The van der Waals surface area contributed by atoms with Crippen LogP contribution in [0.4, 0.5) is 0 Å². The second-order valence-electron chi connectivity index (χ2n) is 4.19. The molecule has 1 saturated carbocycles. The first-order valence-electron chi connectivity index (χ1n) is 4.68. The number of rotatable bonds is 1. The molecule has 3 atom stereocenters. The number of amides is 1. The van der Waals surface area contributed by atoms with Crippen LogP contribution in [0.3, 0.4) is 0 Å². The van der Waals surface area contributed by atoms with Crippen molar-refractivity contribution in [1.29, 1.82) is 0 Å². The van der Waals surface area contributed by atoms with Crippen molar-refractivity contribution >= 4 is 5.91 Å². The Bertz CT molecular complexity index is 205. The topological polar surface area (TPSA) is 46.3 Å². The van der Waals surface area contributed by atoms with Crippen molar-refractivity contribution in [3.63, 3.8) is 0 Å². The molecule has 2 aliphatic heterocycles. The van der Waals surface area contributed by atoms with E-state index in [0.717, 1.165) is 25.3 Å². The lowest BCUT2D eigenvalue weighted by atomic mass is 9.73. The van der Waals surface area contributed by atoms with Crippen molar-refractivity contribution < 1.29 is 4.79 Å². The van der Waals surface area contributed by atoms with Gasteiger partial charge in [0.15, 0.2) is 0 Å². The lowest BCUT2D eigenvalue weighted by Crippen LogP contribution is -2.54. The Kier molecular flexibility index (Phi) is 1.83. The number of hydrogen-bond acceptors (Lipinski definition) is 2. The van der Waals surface area contributed by atoms with Gasteiger partial charge in [-0.25, -0.2) is 0 Å². The third-order valence-corrected chi connectivity index (χ3v) is 3.40. The molecule has 1 amide bonds. The molecular weight excluding hydrogens is 152 g/mol. The van der Waals surface area contributed by atoms with Crippen molar-refractivity contribution in [2.45, 2.75) is 25.3 Å². The molecule has 2 N–H and O–H groups in total. The molecular formula is C9H16N2O. The fourth-order valence-electron chi connectivity index (χ4n) is 2.78. The summed E-state index contributed by atoms with van der Waals surface area (Å²) in [6.07, 6.45) is 3.48. The molecule has 0 radical (unpaired) electrons. The van der Waals surface area contributed by atoms with E-state index in [2.05, 4.69) is 11.9 Å². The summed E-state index contributed by atoms with van der Waals surface area (Å²) in [5, 5.41) is 0. The molecule has 68 valence electrons. The van der Waals surface area contributed by atoms with Crippen LogP contribution in [0.2, 0.25) is 0 Å². The minimum atomic E-state index is -0.101. The molecule has 0 aromatic carbocycles. The maximum atomic E-state index is 11.1. The second kappa shape index (κ2) is 2.73. The molecule has 0 spiro atoms. The highest BCUT2D eigenvalue weighted by Gasteiger charge is 2.41. The largest absolute Gasteiger partial charge is 0.369 e. The van der Waals surface area contributed by atoms with Gasteiger partial charge in [0, 0.05) is 12.6 Å². The minimum Gasteiger partial charge on any atom is -0.369 e. The highest BCUT2D eigenvalue weighted by Crippen LogP contribution is 2.37. The Morgan fingerprint density at radius 3 is 2.67 bits per heavy atom. The lowest BCUT2D eigenvalue weighted by Gasteiger charge is -2.47. The van der Waals surface area contributed by atoms with Gasteiger partial charge in [0.2, 0.25) is 5.91 Å². The van der Waals surface area contributed by atoms with E-state index in [4.69, 9.17) is 5.73 Å². The lowest BCUT2D eigenvalue weighted by molar-refractivity contribution is -0.128. The van der Waals surface area contributed by atoms with Crippen LogP contribution in [0.1, 0.15) is 19.3 Å². The van der Waals surface area contributed by atoms with E-state index in [1.54, 1.807) is 0 Å². The molecule has 1 aliphatic carbocycles. The van der Waals surface area contributed by atoms with Gasteiger partial charge in [-0.1, -0.05) is 0 Å². The second-order valence-corrected chi connectivity index (χ2v) is 4.19. The Hall–Kier alpha value is -0.570. The van der Waals surface area contributed by atoms with Crippen LogP contribution in [0.25, 0.3) is 0 Å². The van der Waals surface area contributed by atoms with E-state index in [-0.39, 0.29) is 11.8 Å². The van der Waals surface area contributed by atoms with Crippen LogP contribution in [0, 0.1) is 11.8 Å². The number of fused-ring (bicyclic) bond motifs is 3. The fourth-order valence-corrected chi connectivity index (χ4v) is 2.78. The molecule has 2 bridgehead atoms. The predicted molar refractivity (Wildman–Crippen MR) is 46.4 cm³/mol. The van der Waals surface area contributed by atoms with Crippen LogP contribution in [0.5, 0.6) is 0 Å². The van der Waals surface area contributed by atoms with Gasteiger partial charge in [-0.3, -0.25) is 4.79 Å². The summed E-state index contributed by atoms with van der Waals surface area (Å²) in [7, 11) is 2.10. The molecule has 0 aromatic heterocycles. The number of carbonyl (C=O) groups is 1. The monoisotopic (exact) mass is 168 g/mol. The molecule has 0 aromatic rings. The summed E-state index contributed by atoms with van der Waals surface area (Å²) in [4.78, 5) is 13.4. The number of carbonyl (C=O) groups excluding carboxylic acids is 1. The summed E-state index contributed by atoms with van der Waals surface area (Å²) >= 11 is 0. The third kappa shape index (κ3) is 1.12.